The van der Waals surface area contributed by atoms with E-state index in [1.54, 1.807) is 0 Å². The van der Waals surface area contributed by atoms with E-state index in [1.165, 1.54) is 9.75 Å². The van der Waals surface area contributed by atoms with Crippen molar-refractivity contribution in [2.45, 2.75) is 32.2 Å². The molecule has 0 aromatic carbocycles. The minimum absolute atomic E-state index is 0. The lowest BCUT2D eigenvalue weighted by Crippen LogP contribution is -2.10. The summed E-state index contributed by atoms with van der Waals surface area (Å²) in [5.41, 5.74) is 11.4. The van der Waals surface area contributed by atoms with E-state index in [-0.39, 0.29) is 18.4 Å². The summed E-state index contributed by atoms with van der Waals surface area (Å²) in [4.78, 5) is 2.71. The van der Waals surface area contributed by atoms with Crippen molar-refractivity contribution in [2.24, 2.45) is 11.5 Å². The third-order valence-corrected chi connectivity index (χ3v) is 3.48. The number of halogens is 1. The molecule has 0 aliphatic rings. The van der Waals surface area contributed by atoms with Crippen LogP contribution in [0.5, 0.6) is 0 Å². The van der Waals surface area contributed by atoms with Gasteiger partial charge in [0.15, 0.2) is 0 Å². The Morgan fingerprint density at radius 2 is 2.14 bits per heavy atom. The molecule has 0 amide bonds. The van der Waals surface area contributed by atoms with Crippen LogP contribution in [0.2, 0.25) is 0 Å². The SMILES string of the molecule is CCc1ccc([C@H](N)CCCN)s1.Cl. The van der Waals surface area contributed by atoms with Crippen molar-refractivity contribution >= 4 is 23.7 Å². The van der Waals surface area contributed by atoms with Crippen LogP contribution >= 0.6 is 23.7 Å². The molecular formula is C10H19ClN2S. The Morgan fingerprint density at radius 1 is 1.43 bits per heavy atom. The Balaban J connectivity index is 0.00000169. The summed E-state index contributed by atoms with van der Waals surface area (Å²) in [5.74, 6) is 0. The monoisotopic (exact) mass is 234 g/mol. The van der Waals surface area contributed by atoms with E-state index >= 15 is 0 Å². The van der Waals surface area contributed by atoms with Gasteiger partial charge >= 0.3 is 0 Å². The normalized spacial score (nSPS) is 12.2. The van der Waals surface area contributed by atoms with E-state index in [2.05, 4.69) is 19.1 Å². The topological polar surface area (TPSA) is 52.0 Å². The lowest BCUT2D eigenvalue weighted by atomic mass is 10.1. The van der Waals surface area contributed by atoms with E-state index in [1.807, 2.05) is 11.3 Å². The predicted octanol–water partition coefficient (Wildman–Crippen LogP) is 2.47. The lowest BCUT2D eigenvalue weighted by Gasteiger charge is -2.07. The van der Waals surface area contributed by atoms with Crippen LogP contribution in [-0.2, 0) is 6.42 Å². The average molecular weight is 235 g/mol. The molecule has 0 radical (unpaired) electrons. The molecule has 0 fully saturated rings. The van der Waals surface area contributed by atoms with Gasteiger partial charge in [0.25, 0.3) is 0 Å². The van der Waals surface area contributed by atoms with Crippen molar-refractivity contribution in [2.75, 3.05) is 6.54 Å². The number of aryl methyl sites for hydroxylation is 1. The van der Waals surface area contributed by atoms with Crippen molar-refractivity contribution in [1.29, 1.82) is 0 Å². The first-order valence-electron chi connectivity index (χ1n) is 4.82. The fourth-order valence-electron chi connectivity index (χ4n) is 1.26. The lowest BCUT2D eigenvalue weighted by molar-refractivity contribution is 0.626. The van der Waals surface area contributed by atoms with Crippen molar-refractivity contribution in [1.82, 2.24) is 0 Å². The zero-order valence-corrected chi connectivity index (χ0v) is 10.2. The summed E-state index contributed by atoms with van der Waals surface area (Å²) < 4.78 is 0. The van der Waals surface area contributed by atoms with Crippen molar-refractivity contribution in [3.63, 3.8) is 0 Å². The molecule has 0 unspecified atom stereocenters. The van der Waals surface area contributed by atoms with Gasteiger partial charge in [-0.1, -0.05) is 6.92 Å². The minimum atomic E-state index is 0. The van der Waals surface area contributed by atoms with E-state index in [0.717, 1.165) is 25.8 Å². The molecule has 0 saturated heterocycles. The molecule has 82 valence electrons. The first-order valence-corrected chi connectivity index (χ1v) is 5.63. The van der Waals surface area contributed by atoms with Gasteiger partial charge in [0.1, 0.15) is 0 Å². The summed E-state index contributed by atoms with van der Waals surface area (Å²) in [6.45, 7) is 2.90. The van der Waals surface area contributed by atoms with Gasteiger partial charge in [0, 0.05) is 15.8 Å². The second-order valence-electron chi connectivity index (χ2n) is 3.20. The Hall–Kier alpha value is -0.0900. The van der Waals surface area contributed by atoms with Gasteiger partial charge in [-0.15, -0.1) is 23.7 Å². The van der Waals surface area contributed by atoms with Crippen LogP contribution in [0.4, 0.5) is 0 Å². The first kappa shape index (κ1) is 13.9. The fourth-order valence-corrected chi connectivity index (χ4v) is 2.25. The summed E-state index contributed by atoms with van der Waals surface area (Å²) in [6, 6.07) is 4.50. The summed E-state index contributed by atoms with van der Waals surface area (Å²) in [6.07, 6.45) is 3.12. The molecule has 1 atom stereocenters. The Bertz CT molecular complexity index is 250. The van der Waals surface area contributed by atoms with Gasteiger partial charge in [0.2, 0.25) is 0 Å². The quantitative estimate of drug-likeness (QED) is 0.823. The average Bonchev–Trinajstić information content (AvgIpc) is 2.62. The van der Waals surface area contributed by atoms with Gasteiger partial charge in [-0.05, 0) is 37.9 Å². The molecule has 0 aliphatic carbocycles. The van der Waals surface area contributed by atoms with Crippen LogP contribution in [0, 0.1) is 0 Å². The molecule has 14 heavy (non-hydrogen) atoms. The van der Waals surface area contributed by atoms with Crippen LogP contribution in [0.15, 0.2) is 12.1 Å². The van der Waals surface area contributed by atoms with Crippen LogP contribution in [0.1, 0.15) is 35.6 Å². The van der Waals surface area contributed by atoms with Crippen molar-refractivity contribution in [3.05, 3.63) is 21.9 Å². The molecule has 0 aliphatic heterocycles. The van der Waals surface area contributed by atoms with E-state index in [0.29, 0.717) is 0 Å². The predicted molar refractivity (Wildman–Crippen MR) is 66.2 cm³/mol. The van der Waals surface area contributed by atoms with Crippen LogP contribution in [-0.4, -0.2) is 6.54 Å². The molecule has 4 N–H and O–H groups in total. The van der Waals surface area contributed by atoms with E-state index in [4.69, 9.17) is 11.5 Å². The van der Waals surface area contributed by atoms with Gasteiger partial charge in [-0.3, -0.25) is 0 Å². The molecule has 0 saturated carbocycles. The summed E-state index contributed by atoms with van der Waals surface area (Å²) in [5, 5.41) is 0. The zero-order valence-electron chi connectivity index (χ0n) is 8.53. The maximum absolute atomic E-state index is 6.00. The summed E-state index contributed by atoms with van der Waals surface area (Å²) in [7, 11) is 0. The molecule has 2 nitrogen and oxygen atoms in total. The molecule has 0 bridgehead atoms. The molecular weight excluding hydrogens is 216 g/mol. The van der Waals surface area contributed by atoms with E-state index < -0.39 is 0 Å². The highest BCUT2D eigenvalue weighted by Gasteiger charge is 2.07. The highest BCUT2D eigenvalue weighted by atomic mass is 35.5. The number of nitrogens with two attached hydrogens (primary N) is 2. The Kier molecular flexibility index (Phi) is 7.19. The maximum Gasteiger partial charge on any atom is 0.0390 e. The standard InChI is InChI=1S/C10H18N2S.ClH/c1-2-8-5-6-10(13-8)9(12)4-3-7-11;/h5-6,9H,2-4,7,11-12H2,1H3;1H/t9-;/m1./s1. The number of hydrogen-bond acceptors (Lipinski definition) is 3. The zero-order chi connectivity index (χ0) is 9.68. The van der Waals surface area contributed by atoms with Gasteiger partial charge in [-0.2, -0.15) is 0 Å². The van der Waals surface area contributed by atoms with E-state index in [9.17, 15) is 0 Å². The molecule has 1 aromatic rings. The van der Waals surface area contributed by atoms with Crippen molar-refractivity contribution < 1.29 is 0 Å². The van der Waals surface area contributed by atoms with Gasteiger partial charge in [0.05, 0.1) is 0 Å². The Labute approximate surface area is 96.1 Å². The minimum Gasteiger partial charge on any atom is -0.330 e. The second-order valence-corrected chi connectivity index (χ2v) is 4.39. The van der Waals surface area contributed by atoms with Gasteiger partial charge in [-0.25, -0.2) is 0 Å². The molecule has 1 aromatic heterocycles. The highest BCUT2D eigenvalue weighted by Crippen LogP contribution is 2.24. The van der Waals surface area contributed by atoms with Crippen LogP contribution in [0.3, 0.4) is 0 Å². The molecule has 1 rings (SSSR count). The van der Waals surface area contributed by atoms with Crippen LogP contribution in [0.25, 0.3) is 0 Å². The highest BCUT2D eigenvalue weighted by molar-refractivity contribution is 7.12. The number of rotatable bonds is 5. The first-order chi connectivity index (χ1) is 6.27. The largest absolute Gasteiger partial charge is 0.330 e. The maximum atomic E-state index is 6.00. The molecule has 0 spiro atoms. The smallest absolute Gasteiger partial charge is 0.0390 e. The second kappa shape index (κ2) is 7.23. The van der Waals surface area contributed by atoms with Crippen LogP contribution < -0.4 is 11.5 Å². The van der Waals surface area contributed by atoms with Gasteiger partial charge < -0.3 is 11.5 Å². The molecule has 1 heterocycles. The number of thiophene rings is 1. The molecule has 4 heteroatoms. The summed E-state index contributed by atoms with van der Waals surface area (Å²) >= 11 is 1.83. The fraction of sp³-hybridized carbons (Fsp3) is 0.600. The Morgan fingerprint density at radius 3 is 2.64 bits per heavy atom. The third kappa shape index (κ3) is 3.96. The van der Waals surface area contributed by atoms with Crippen molar-refractivity contribution in [3.8, 4) is 0 Å². The third-order valence-electron chi connectivity index (χ3n) is 2.12. The number of hydrogen-bond donors (Lipinski definition) is 2.